The molecule has 0 saturated carbocycles. The van der Waals surface area contributed by atoms with E-state index in [1.807, 2.05) is 0 Å². The summed E-state index contributed by atoms with van der Waals surface area (Å²) in [4.78, 5) is 22.0. The van der Waals surface area contributed by atoms with Crippen molar-refractivity contribution in [2.45, 2.75) is 19.3 Å². The van der Waals surface area contributed by atoms with E-state index < -0.39 is 9.84 Å². The Balaban J connectivity index is 2.46. The minimum absolute atomic E-state index is 0.000717. The minimum Gasteiger partial charge on any atom is -0.296 e. The van der Waals surface area contributed by atoms with Gasteiger partial charge < -0.3 is 0 Å². The number of imide groups is 1. The second-order valence-corrected chi connectivity index (χ2v) is 5.83. The van der Waals surface area contributed by atoms with E-state index in [0.717, 1.165) is 6.26 Å². The molecule has 6 heteroatoms. The summed E-state index contributed by atoms with van der Waals surface area (Å²) < 4.78 is 21.7. The number of carbonyl (C=O) groups is 2. The second-order valence-electron chi connectivity index (χ2n) is 3.57. The van der Waals surface area contributed by atoms with Crippen molar-refractivity contribution in [1.29, 1.82) is 0 Å². The number of amides is 2. The monoisotopic (exact) mass is 219 g/mol. The van der Waals surface area contributed by atoms with Crippen LogP contribution in [0.3, 0.4) is 0 Å². The Kier molecular flexibility index (Phi) is 3.25. The highest BCUT2D eigenvalue weighted by Crippen LogP contribution is 2.16. The van der Waals surface area contributed by atoms with Crippen molar-refractivity contribution < 1.29 is 18.0 Å². The Hall–Kier alpha value is -0.910. The summed E-state index contributed by atoms with van der Waals surface area (Å²) in [7, 11) is -3.03. The smallest absolute Gasteiger partial charge is 0.229 e. The zero-order valence-electron chi connectivity index (χ0n) is 7.95. The molecule has 0 spiro atoms. The molecule has 0 aromatic rings. The lowest BCUT2D eigenvalue weighted by molar-refractivity contribution is -0.136. The van der Waals surface area contributed by atoms with Gasteiger partial charge in [-0.15, -0.1) is 0 Å². The third-order valence-electron chi connectivity index (χ3n) is 2.19. The highest BCUT2D eigenvalue weighted by molar-refractivity contribution is 7.90. The minimum atomic E-state index is -3.03. The molecule has 0 radical (unpaired) electrons. The lowest BCUT2D eigenvalue weighted by atomic mass is 9.96. The molecule has 1 rings (SSSR count). The number of piperidine rings is 1. The number of nitrogens with one attached hydrogen (secondary N) is 1. The molecule has 2 amide bonds. The zero-order chi connectivity index (χ0) is 10.8. The van der Waals surface area contributed by atoms with Crippen LogP contribution in [0.2, 0.25) is 0 Å². The van der Waals surface area contributed by atoms with E-state index >= 15 is 0 Å². The summed E-state index contributed by atoms with van der Waals surface area (Å²) in [6.07, 6.45) is 2.21. The Morgan fingerprint density at radius 2 is 2.07 bits per heavy atom. The molecule has 0 aromatic carbocycles. The van der Waals surface area contributed by atoms with E-state index in [-0.39, 0.29) is 23.5 Å². The Morgan fingerprint density at radius 3 is 2.57 bits per heavy atom. The third-order valence-corrected chi connectivity index (χ3v) is 3.17. The maximum Gasteiger partial charge on any atom is 0.229 e. The number of carbonyl (C=O) groups excluding carboxylic acids is 2. The molecular formula is C8H13NO4S. The normalized spacial score (nSPS) is 23.4. The molecule has 1 atom stereocenters. The summed E-state index contributed by atoms with van der Waals surface area (Å²) in [6.45, 7) is 0. The van der Waals surface area contributed by atoms with Gasteiger partial charge >= 0.3 is 0 Å². The second kappa shape index (κ2) is 4.08. The Bertz CT molecular complexity index is 346. The predicted octanol–water partition coefficient (Wildman–Crippen LogP) is -0.526. The first kappa shape index (κ1) is 11.2. The van der Waals surface area contributed by atoms with E-state index in [9.17, 15) is 18.0 Å². The van der Waals surface area contributed by atoms with Crippen LogP contribution in [0.5, 0.6) is 0 Å². The lowest BCUT2D eigenvalue weighted by Gasteiger charge is -2.19. The number of hydrogen-bond acceptors (Lipinski definition) is 4. The van der Waals surface area contributed by atoms with Gasteiger partial charge in [-0.3, -0.25) is 14.9 Å². The summed E-state index contributed by atoms with van der Waals surface area (Å²) in [5, 5.41) is 2.19. The van der Waals surface area contributed by atoms with Crippen LogP contribution in [0.4, 0.5) is 0 Å². The van der Waals surface area contributed by atoms with Gasteiger partial charge in [0.15, 0.2) is 0 Å². The average molecular weight is 219 g/mol. The number of rotatable bonds is 3. The zero-order valence-corrected chi connectivity index (χ0v) is 8.76. The van der Waals surface area contributed by atoms with Gasteiger partial charge in [0.1, 0.15) is 9.84 Å². The molecule has 1 fully saturated rings. The maximum absolute atomic E-state index is 11.2. The van der Waals surface area contributed by atoms with E-state index in [2.05, 4.69) is 5.32 Å². The van der Waals surface area contributed by atoms with Crippen molar-refractivity contribution in [3.05, 3.63) is 0 Å². The Labute approximate surface area is 82.8 Å². The molecule has 5 nitrogen and oxygen atoms in total. The fraction of sp³-hybridized carbons (Fsp3) is 0.750. The van der Waals surface area contributed by atoms with Crippen molar-refractivity contribution in [2.24, 2.45) is 5.92 Å². The quantitative estimate of drug-likeness (QED) is 0.647. The summed E-state index contributed by atoms with van der Waals surface area (Å²) >= 11 is 0. The fourth-order valence-corrected chi connectivity index (χ4v) is 2.08. The first-order valence-corrected chi connectivity index (χ1v) is 6.46. The molecule has 80 valence electrons. The van der Waals surface area contributed by atoms with Crippen LogP contribution >= 0.6 is 0 Å². The van der Waals surface area contributed by atoms with Gasteiger partial charge in [-0.25, -0.2) is 8.42 Å². The van der Waals surface area contributed by atoms with Gasteiger partial charge in [0.25, 0.3) is 0 Å². The number of hydrogen-bond donors (Lipinski definition) is 1. The Morgan fingerprint density at radius 1 is 1.43 bits per heavy atom. The highest BCUT2D eigenvalue weighted by Gasteiger charge is 2.26. The van der Waals surface area contributed by atoms with Crippen molar-refractivity contribution in [2.75, 3.05) is 12.0 Å². The molecule has 0 aliphatic carbocycles. The molecule has 0 bridgehead atoms. The van der Waals surface area contributed by atoms with Crippen molar-refractivity contribution in [1.82, 2.24) is 5.32 Å². The molecule has 1 unspecified atom stereocenters. The van der Waals surface area contributed by atoms with Crippen LogP contribution < -0.4 is 5.32 Å². The van der Waals surface area contributed by atoms with Gasteiger partial charge in [-0.05, 0) is 12.8 Å². The van der Waals surface area contributed by atoms with Crippen LogP contribution in [0, 0.1) is 5.92 Å². The molecule has 0 aromatic heterocycles. The van der Waals surface area contributed by atoms with Crippen LogP contribution in [-0.2, 0) is 19.4 Å². The standard InChI is InChI=1S/C8H13NO4S/c1-14(12,13)5-4-6-2-3-7(10)9-8(6)11/h6H,2-5H2,1H3,(H,9,10,11). The highest BCUT2D eigenvalue weighted by atomic mass is 32.2. The first-order chi connectivity index (χ1) is 6.38. The predicted molar refractivity (Wildman–Crippen MR) is 50.2 cm³/mol. The van der Waals surface area contributed by atoms with Crippen molar-refractivity contribution in [3.63, 3.8) is 0 Å². The van der Waals surface area contributed by atoms with Gasteiger partial charge in [-0.1, -0.05) is 0 Å². The summed E-state index contributed by atoms with van der Waals surface area (Å²) in [5.41, 5.74) is 0. The van der Waals surface area contributed by atoms with Crippen LogP contribution in [0.25, 0.3) is 0 Å². The van der Waals surface area contributed by atoms with Crippen molar-refractivity contribution in [3.8, 4) is 0 Å². The van der Waals surface area contributed by atoms with Gasteiger partial charge in [0.05, 0.1) is 5.75 Å². The molecular weight excluding hydrogens is 206 g/mol. The van der Waals surface area contributed by atoms with E-state index in [0.29, 0.717) is 19.3 Å². The molecule has 1 aliphatic rings. The summed E-state index contributed by atoms with van der Waals surface area (Å²) in [5.74, 6) is -0.947. The van der Waals surface area contributed by atoms with Gasteiger partial charge in [0, 0.05) is 18.6 Å². The van der Waals surface area contributed by atoms with Crippen LogP contribution in [-0.4, -0.2) is 32.2 Å². The van der Waals surface area contributed by atoms with Crippen molar-refractivity contribution >= 4 is 21.7 Å². The fourth-order valence-electron chi connectivity index (χ4n) is 1.37. The SMILES string of the molecule is CS(=O)(=O)CCC1CCC(=O)NC1=O. The average Bonchev–Trinajstić information content (AvgIpc) is 2.00. The van der Waals surface area contributed by atoms with Crippen LogP contribution in [0.15, 0.2) is 0 Å². The van der Waals surface area contributed by atoms with Gasteiger partial charge in [-0.2, -0.15) is 0 Å². The van der Waals surface area contributed by atoms with E-state index in [1.54, 1.807) is 0 Å². The van der Waals surface area contributed by atoms with Gasteiger partial charge in [0.2, 0.25) is 11.8 Å². The summed E-state index contributed by atoms with van der Waals surface area (Å²) in [6, 6.07) is 0. The number of sulfone groups is 1. The molecule has 1 saturated heterocycles. The molecule has 1 aliphatic heterocycles. The largest absolute Gasteiger partial charge is 0.296 e. The third kappa shape index (κ3) is 3.45. The maximum atomic E-state index is 11.2. The first-order valence-electron chi connectivity index (χ1n) is 4.40. The molecule has 1 heterocycles. The topological polar surface area (TPSA) is 80.3 Å². The lowest BCUT2D eigenvalue weighted by Crippen LogP contribution is -2.41. The van der Waals surface area contributed by atoms with E-state index in [1.165, 1.54) is 0 Å². The molecule has 14 heavy (non-hydrogen) atoms. The molecule has 1 N–H and O–H groups in total. The van der Waals surface area contributed by atoms with E-state index in [4.69, 9.17) is 0 Å². The van der Waals surface area contributed by atoms with Crippen LogP contribution in [0.1, 0.15) is 19.3 Å².